The van der Waals surface area contributed by atoms with Gasteiger partial charge in [0.15, 0.2) is 17.2 Å². The molecule has 0 unspecified atom stereocenters. The van der Waals surface area contributed by atoms with Crippen LogP contribution in [0.1, 0.15) is 24.2 Å². The molecule has 158 valence electrons. The van der Waals surface area contributed by atoms with Crippen molar-refractivity contribution < 1.29 is 23.3 Å². The summed E-state index contributed by atoms with van der Waals surface area (Å²) in [5.74, 6) is 0.484. The van der Waals surface area contributed by atoms with Crippen LogP contribution in [0.3, 0.4) is 0 Å². The predicted octanol–water partition coefficient (Wildman–Crippen LogP) is 3.89. The topological polar surface area (TPSA) is 117 Å². The average Bonchev–Trinajstić information content (AvgIpc) is 3.22. The number of anilines is 1. The number of aromatic nitrogens is 2. The molecule has 9 heteroatoms. The number of hydrogen-bond acceptors (Lipinski definition) is 8. The Morgan fingerprint density at radius 2 is 1.77 bits per heavy atom. The first-order chi connectivity index (χ1) is 15.1. The number of amides is 1. The molecular formula is C22H19N3O6. The van der Waals surface area contributed by atoms with Crippen molar-refractivity contribution in [1.29, 1.82) is 0 Å². The van der Waals surface area contributed by atoms with Crippen molar-refractivity contribution >= 4 is 22.7 Å². The first kappa shape index (κ1) is 20.1. The average molecular weight is 421 g/mol. The first-order valence-corrected chi connectivity index (χ1v) is 9.67. The van der Waals surface area contributed by atoms with Gasteiger partial charge in [-0.2, -0.15) is 0 Å². The summed E-state index contributed by atoms with van der Waals surface area (Å²) in [7, 11) is 0. The molecule has 2 aromatic heterocycles. The standard InChI is InChI=1S/C22H19N3O6/c1-3-28-17-10-9-14(12-18(17)29-4-2)19-20(25-31-24-19)23-21(26)15-11-13-7-5-6-8-16(13)30-22(15)27/h5-12H,3-4H2,1-2H3,(H,23,25,26). The molecule has 0 aliphatic heterocycles. The summed E-state index contributed by atoms with van der Waals surface area (Å²) in [5, 5.41) is 10.8. The van der Waals surface area contributed by atoms with Crippen LogP contribution in [0.15, 0.2) is 62.4 Å². The van der Waals surface area contributed by atoms with Gasteiger partial charge in [-0.25, -0.2) is 9.42 Å². The molecule has 0 aliphatic carbocycles. The van der Waals surface area contributed by atoms with Crippen molar-refractivity contribution in [2.24, 2.45) is 0 Å². The van der Waals surface area contributed by atoms with Crippen molar-refractivity contribution in [1.82, 2.24) is 10.3 Å². The van der Waals surface area contributed by atoms with Crippen LogP contribution in [0, 0.1) is 0 Å². The molecule has 2 aromatic carbocycles. The molecular weight excluding hydrogens is 402 g/mol. The van der Waals surface area contributed by atoms with Crippen LogP contribution < -0.4 is 20.4 Å². The zero-order chi connectivity index (χ0) is 21.8. The Labute approximate surface area is 176 Å². The normalized spacial score (nSPS) is 10.8. The van der Waals surface area contributed by atoms with E-state index in [0.717, 1.165) is 0 Å². The summed E-state index contributed by atoms with van der Waals surface area (Å²) >= 11 is 0. The SMILES string of the molecule is CCOc1ccc(-c2nonc2NC(=O)c2cc3ccccc3oc2=O)cc1OCC. The van der Waals surface area contributed by atoms with Crippen LogP contribution in [0.25, 0.3) is 22.2 Å². The molecule has 0 saturated carbocycles. The fourth-order valence-electron chi connectivity index (χ4n) is 3.05. The third-order valence-corrected chi connectivity index (χ3v) is 4.42. The molecule has 1 N–H and O–H groups in total. The number of fused-ring (bicyclic) bond motifs is 1. The summed E-state index contributed by atoms with van der Waals surface area (Å²) in [6.45, 7) is 4.67. The Kier molecular flexibility index (Phi) is 5.65. The van der Waals surface area contributed by atoms with E-state index in [9.17, 15) is 9.59 Å². The molecule has 0 radical (unpaired) electrons. The number of carbonyl (C=O) groups is 1. The van der Waals surface area contributed by atoms with Gasteiger partial charge >= 0.3 is 5.63 Å². The highest BCUT2D eigenvalue weighted by Gasteiger charge is 2.20. The maximum Gasteiger partial charge on any atom is 0.349 e. The number of carbonyl (C=O) groups excluding carboxylic acids is 1. The fraction of sp³-hybridized carbons (Fsp3) is 0.182. The van der Waals surface area contributed by atoms with Crippen LogP contribution in [-0.4, -0.2) is 29.4 Å². The second-order valence-electron chi connectivity index (χ2n) is 6.43. The van der Waals surface area contributed by atoms with E-state index in [0.29, 0.717) is 41.2 Å². The summed E-state index contributed by atoms with van der Waals surface area (Å²) in [5.41, 5.74) is 0.352. The van der Waals surface area contributed by atoms with Crippen LogP contribution in [0.4, 0.5) is 5.82 Å². The van der Waals surface area contributed by atoms with Crippen molar-refractivity contribution in [2.75, 3.05) is 18.5 Å². The molecule has 0 aliphatic rings. The zero-order valence-corrected chi connectivity index (χ0v) is 16.9. The number of ether oxygens (including phenoxy) is 2. The molecule has 0 saturated heterocycles. The van der Waals surface area contributed by atoms with Crippen molar-refractivity contribution in [3.63, 3.8) is 0 Å². The minimum absolute atomic E-state index is 0.0594. The van der Waals surface area contributed by atoms with E-state index in [-0.39, 0.29) is 17.1 Å². The maximum atomic E-state index is 12.7. The lowest BCUT2D eigenvalue weighted by Gasteiger charge is -2.12. The first-order valence-electron chi connectivity index (χ1n) is 9.67. The second-order valence-corrected chi connectivity index (χ2v) is 6.43. The lowest BCUT2D eigenvalue weighted by Crippen LogP contribution is -2.21. The Hall–Kier alpha value is -4.14. The lowest BCUT2D eigenvalue weighted by atomic mass is 10.1. The summed E-state index contributed by atoms with van der Waals surface area (Å²) in [4.78, 5) is 25.0. The molecule has 31 heavy (non-hydrogen) atoms. The highest BCUT2D eigenvalue weighted by molar-refractivity contribution is 6.06. The molecule has 0 bridgehead atoms. The van der Waals surface area contributed by atoms with Gasteiger partial charge < -0.3 is 19.2 Å². The van der Waals surface area contributed by atoms with E-state index in [2.05, 4.69) is 15.6 Å². The minimum atomic E-state index is -0.756. The summed E-state index contributed by atoms with van der Waals surface area (Å²) in [6.07, 6.45) is 0. The Balaban J connectivity index is 1.65. The van der Waals surface area contributed by atoms with E-state index in [1.54, 1.807) is 42.5 Å². The van der Waals surface area contributed by atoms with Crippen LogP contribution >= 0.6 is 0 Å². The van der Waals surface area contributed by atoms with Crippen LogP contribution in [0.5, 0.6) is 11.5 Å². The van der Waals surface area contributed by atoms with Gasteiger partial charge in [0.2, 0.25) is 5.82 Å². The van der Waals surface area contributed by atoms with E-state index in [4.69, 9.17) is 18.5 Å². The fourth-order valence-corrected chi connectivity index (χ4v) is 3.05. The van der Waals surface area contributed by atoms with Gasteiger partial charge in [-0.15, -0.1) is 0 Å². The molecule has 4 rings (SSSR count). The summed E-state index contributed by atoms with van der Waals surface area (Å²) in [6, 6.07) is 13.6. The number of para-hydroxylation sites is 1. The van der Waals surface area contributed by atoms with Gasteiger partial charge in [-0.05, 0) is 54.5 Å². The Bertz CT molecular complexity index is 1290. The third-order valence-electron chi connectivity index (χ3n) is 4.42. The smallest absolute Gasteiger partial charge is 0.349 e. The Morgan fingerprint density at radius 3 is 2.58 bits per heavy atom. The van der Waals surface area contributed by atoms with Gasteiger partial charge in [-0.1, -0.05) is 18.2 Å². The van der Waals surface area contributed by atoms with Crippen LogP contribution in [-0.2, 0) is 0 Å². The van der Waals surface area contributed by atoms with Crippen molar-refractivity contribution in [3.8, 4) is 22.8 Å². The monoisotopic (exact) mass is 421 g/mol. The molecule has 0 fully saturated rings. The van der Waals surface area contributed by atoms with E-state index in [1.165, 1.54) is 6.07 Å². The largest absolute Gasteiger partial charge is 0.490 e. The molecule has 0 spiro atoms. The molecule has 4 aromatic rings. The van der Waals surface area contributed by atoms with E-state index >= 15 is 0 Å². The van der Waals surface area contributed by atoms with Crippen LogP contribution in [0.2, 0.25) is 0 Å². The number of hydrogen-bond donors (Lipinski definition) is 1. The number of benzene rings is 2. The van der Waals surface area contributed by atoms with E-state index in [1.807, 2.05) is 13.8 Å². The lowest BCUT2D eigenvalue weighted by molar-refractivity contribution is 0.102. The third kappa shape index (κ3) is 4.11. The second kappa shape index (κ2) is 8.70. The van der Waals surface area contributed by atoms with Gasteiger partial charge in [0.25, 0.3) is 5.91 Å². The number of nitrogens with zero attached hydrogens (tertiary/aromatic N) is 2. The predicted molar refractivity (Wildman–Crippen MR) is 113 cm³/mol. The van der Waals surface area contributed by atoms with Crippen molar-refractivity contribution in [3.05, 3.63) is 64.5 Å². The van der Waals surface area contributed by atoms with E-state index < -0.39 is 11.5 Å². The molecule has 0 atom stereocenters. The van der Waals surface area contributed by atoms with Gasteiger partial charge in [0, 0.05) is 10.9 Å². The number of nitrogens with one attached hydrogen (secondary N) is 1. The summed E-state index contributed by atoms with van der Waals surface area (Å²) < 4.78 is 21.2. The van der Waals surface area contributed by atoms with Crippen molar-refractivity contribution in [2.45, 2.75) is 13.8 Å². The highest BCUT2D eigenvalue weighted by atomic mass is 16.6. The molecule has 2 heterocycles. The van der Waals surface area contributed by atoms with Gasteiger partial charge in [-0.3, -0.25) is 4.79 Å². The molecule has 9 nitrogen and oxygen atoms in total. The molecule has 1 amide bonds. The number of rotatable bonds is 7. The van der Waals surface area contributed by atoms with Gasteiger partial charge in [0.05, 0.1) is 13.2 Å². The quantitative estimate of drug-likeness (QED) is 0.447. The minimum Gasteiger partial charge on any atom is -0.490 e. The highest BCUT2D eigenvalue weighted by Crippen LogP contribution is 2.34. The Morgan fingerprint density at radius 1 is 1.00 bits per heavy atom. The van der Waals surface area contributed by atoms with Gasteiger partial charge in [0.1, 0.15) is 11.1 Å². The maximum absolute atomic E-state index is 12.7. The zero-order valence-electron chi connectivity index (χ0n) is 16.9.